The predicted molar refractivity (Wildman–Crippen MR) is 52.1 cm³/mol. The molecular weight excluding hydrogens is 273 g/mol. The minimum atomic E-state index is 0. The van der Waals surface area contributed by atoms with Crippen molar-refractivity contribution in [2.24, 2.45) is 0 Å². The van der Waals surface area contributed by atoms with Crippen LogP contribution >= 0.6 is 0 Å². The standard InChI is InChI=1S/C12H13.2FH.Zr/c1-2-5-10-8-9-11-6-3-4-7-12(10)11;;;/h3-4,6-7,9-10H,2,5H2,1H3;2*1H;/q;;;+2/p-2. The summed E-state index contributed by atoms with van der Waals surface area (Å²) in [7, 11) is 0. The zero-order valence-electron chi connectivity index (χ0n) is 8.63. The van der Waals surface area contributed by atoms with Gasteiger partial charge in [-0.1, -0.05) is 0 Å². The maximum absolute atomic E-state index is 2.37. The fourth-order valence-electron chi connectivity index (χ4n) is 2.00. The van der Waals surface area contributed by atoms with Crippen molar-refractivity contribution in [1.29, 1.82) is 0 Å². The van der Waals surface area contributed by atoms with Crippen LogP contribution in [0.25, 0.3) is 6.08 Å². The van der Waals surface area contributed by atoms with Crippen molar-refractivity contribution >= 4 is 6.08 Å². The molecule has 1 aliphatic carbocycles. The van der Waals surface area contributed by atoms with Crippen molar-refractivity contribution < 1.29 is 34.1 Å². The molecule has 0 heterocycles. The Bertz CT molecular complexity index is 347. The molecule has 0 aromatic heterocycles. The number of allylic oxidation sites excluding steroid dienone is 1. The van der Waals surface area contributed by atoms with Crippen LogP contribution in [-0.4, -0.2) is 0 Å². The minimum Gasteiger partial charge on any atom is -1.00 e. The molecule has 0 N–H and O–H groups in total. The normalized spacial score (nSPS) is 17.3. The third-order valence-corrected chi connectivity index (χ3v) is 3.85. The van der Waals surface area contributed by atoms with Crippen LogP contribution in [0.5, 0.6) is 0 Å². The quantitative estimate of drug-likeness (QED) is 0.563. The van der Waals surface area contributed by atoms with Gasteiger partial charge in [-0.05, 0) is 0 Å². The summed E-state index contributed by atoms with van der Waals surface area (Å²) in [4.78, 5) is 0. The van der Waals surface area contributed by atoms with Crippen molar-refractivity contribution in [3.8, 4) is 0 Å². The van der Waals surface area contributed by atoms with Gasteiger partial charge in [0.05, 0.1) is 0 Å². The molecule has 0 nitrogen and oxygen atoms in total. The topological polar surface area (TPSA) is 0 Å². The zero-order valence-corrected chi connectivity index (χ0v) is 11.1. The summed E-state index contributed by atoms with van der Waals surface area (Å²) in [6.45, 7) is 2.27. The van der Waals surface area contributed by atoms with Gasteiger partial charge in [0, 0.05) is 0 Å². The average molecular weight is 286 g/mol. The summed E-state index contributed by atoms with van der Waals surface area (Å²) in [6, 6.07) is 8.80. The van der Waals surface area contributed by atoms with Crippen LogP contribution in [0, 0.1) is 0 Å². The van der Waals surface area contributed by atoms with E-state index >= 15 is 0 Å². The molecule has 1 atom stereocenters. The van der Waals surface area contributed by atoms with Gasteiger partial charge in [0.25, 0.3) is 0 Å². The number of fused-ring (bicyclic) bond motifs is 1. The first kappa shape index (κ1) is 14.7. The van der Waals surface area contributed by atoms with Gasteiger partial charge in [-0.25, -0.2) is 0 Å². The van der Waals surface area contributed by atoms with Crippen LogP contribution in [0.15, 0.2) is 27.5 Å². The number of benzene rings is 1. The van der Waals surface area contributed by atoms with Crippen LogP contribution < -0.4 is 9.41 Å². The van der Waals surface area contributed by atoms with E-state index in [9.17, 15) is 0 Å². The second-order valence-corrected chi connectivity index (χ2v) is 4.99. The molecule has 0 fully saturated rings. The Balaban J connectivity index is 0.000000980. The summed E-state index contributed by atoms with van der Waals surface area (Å²) in [5, 5.41) is 0. The second-order valence-electron chi connectivity index (χ2n) is 3.57. The zero-order chi connectivity index (χ0) is 9.26. The van der Waals surface area contributed by atoms with Gasteiger partial charge < -0.3 is 9.41 Å². The molecule has 0 aliphatic heterocycles. The maximum atomic E-state index is 2.37. The first-order valence-electron chi connectivity index (χ1n) is 4.85. The summed E-state index contributed by atoms with van der Waals surface area (Å²) < 4.78 is 1.62. The summed E-state index contributed by atoms with van der Waals surface area (Å²) >= 11 is 1.58. The average Bonchev–Trinajstić information content (AvgIpc) is 2.44. The third kappa shape index (κ3) is 2.84. The molecule has 0 spiro atoms. The molecule has 2 rings (SSSR count). The van der Waals surface area contributed by atoms with Crippen LogP contribution in [0.3, 0.4) is 0 Å². The van der Waals surface area contributed by atoms with Crippen molar-refractivity contribution in [1.82, 2.24) is 0 Å². The number of rotatable bonds is 2. The van der Waals surface area contributed by atoms with E-state index in [0.717, 1.165) is 5.92 Å². The number of hydrogen-bond donors (Lipinski definition) is 0. The second kappa shape index (κ2) is 6.32. The fraction of sp³-hybridized carbons (Fsp3) is 0.333. The Morgan fingerprint density at radius 2 is 1.87 bits per heavy atom. The van der Waals surface area contributed by atoms with Gasteiger partial charge in [-0.2, -0.15) is 0 Å². The monoisotopic (exact) mass is 285 g/mol. The molecule has 0 radical (unpaired) electrons. The third-order valence-electron chi connectivity index (χ3n) is 2.64. The van der Waals surface area contributed by atoms with E-state index in [2.05, 4.69) is 37.3 Å². The fourth-order valence-corrected chi connectivity index (χ4v) is 3.11. The van der Waals surface area contributed by atoms with Gasteiger partial charge in [-0.15, -0.1) is 0 Å². The van der Waals surface area contributed by atoms with Crippen molar-refractivity contribution in [2.75, 3.05) is 0 Å². The molecule has 0 saturated carbocycles. The first-order valence-corrected chi connectivity index (χ1v) is 6.08. The largest absolute Gasteiger partial charge is 1.00 e. The Morgan fingerprint density at radius 3 is 2.53 bits per heavy atom. The van der Waals surface area contributed by atoms with E-state index in [1.165, 1.54) is 18.4 Å². The van der Waals surface area contributed by atoms with Crippen molar-refractivity contribution in [3.05, 3.63) is 38.7 Å². The summed E-state index contributed by atoms with van der Waals surface area (Å²) in [5.74, 6) is 0.736. The van der Waals surface area contributed by atoms with Crippen LogP contribution in [0.2, 0.25) is 0 Å². The van der Waals surface area contributed by atoms with Gasteiger partial charge >= 0.3 is 95.2 Å². The molecule has 0 bridgehead atoms. The first-order chi connectivity index (χ1) is 6.33. The Kier molecular flexibility index (Phi) is 6.20. The minimum absolute atomic E-state index is 0. The number of hydrogen-bond acceptors (Lipinski definition) is 0. The van der Waals surface area contributed by atoms with Crippen molar-refractivity contribution in [3.63, 3.8) is 0 Å². The Labute approximate surface area is 104 Å². The van der Waals surface area contributed by atoms with E-state index in [-0.39, 0.29) is 9.41 Å². The molecule has 1 aromatic carbocycles. The maximum Gasteiger partial charge on any atom is -1.00 e. The SMILES string of the molecule is CCCC1[C]([Zr+2])=Cc2ccccc21.[F-].[F-]. The molecule has 0 amide bonds. The molecule has 15 heavy (non-hydrogen) atoms. The predicted octanol–water partition coefficient (Wildman–Crippen LogP) is -2.52. The van der Waals surface area contributed by atoms with E-state index in [4.69, 9.17) is 0 Å². The summed E-state index contributed by atoms with van der Waals surface area (Å²) in [6.07, 6.45) is 4.96. The van der Waals surface area contributed by atoms with Gasteiger partial charge in [-0.3, -0.25) is 0 Å². The molecule has 3 heteroatoms. The van der Waals surface area contributed by atoms with E-state index in [1.807, 2.05) is 0 Å². The van der Waals surface area contributed by atoms with Crippen LogP contribution in [0.4, 0.5) is 0 Å². The molecule has 1 aromatic rings. The molecular formula is C12H13F2Zr. The van der Waals surface area contributed by atoms with E-state index in [1.54, 1.807) is 33.6 Å². The molecule has 0 saturated heterocycles. The van der Waals surface area contributed by atoms with Gasteiger partial charge in [0.2, 0.25) is 0 Å². The Hall–Kier alpha value is -0.297. The number of halogens is 2. The van der Waals surface area contributed by atoms with Crippen molar-refractivity contribution in [2.45, 2.75) is 25.7 Å². The molecule has 1 aliphatic rings. The van der Waals surface area contributed by atoms with Crippen LogP contribution in [-0.2, 0) is 24.7 Å². The van der Waals surface area contributed by atoms with Gasteiger partial charge in [0.15, 0.2) is 0 Å². The molecule has 1 unspecified atom stereocenters. The van der Waals surface area contributed by atoms with E-state index in [0.29, 0.717) is 0 Å². The van der Waals surface area contributed by atoms with Crippen LogP contribution in [0.1, 0.15) is 36.8 Å². The smallest absolute Gasteiger partial charge is 1.00 e. The Morgan fingerprint density at radius 1 is 1.20 bits per heavy atom. The molecule has 79 valence electrons. The van der Waals surface area contributed by atoms with E-state index < -0.39 is 0 Å². The summed E-state index contributed by atoms with van der Waals surface area (Å²) in [5.41, 5.74) is 3.00. The van der Waals surface area contributed by atoms with Gasteiger partial charge in [0.1, 0.15) is 0 Å².